The Hall–Kier alpha value is -0.470. The molecule has 0 aliphatic rings. The van der Waals surface area contributed by atoms with Crippen LogP contribution >= 0.6 is 11.3 Å². The van der Waals surface area contributed by atoms with Gasteiger partial charge in [0.05, 0.1) is 0 Å². The molecule has 0 saturated carbocycles. The van der Waals surface area contributed by atoms with E-state index in [1.165, 1.54) is 11.3 Å². The van der Waals surface area contributed by atoms with E-state index in [1.54, 1.807) is 4.31 Å². The molecule has 0 aliphatic heterocycles. The molecule has 21 heavy (non-hydrogen) atoms. The molecule has 1 aromatic heterocycles. The van der Waals surface area contributed by atoms with Crippen molar-refractivity contribution in [2.45, 2.75) is 31.7 Å². The van der Waals surface area contributed by atoms with Crippen molar-refractivity contribution >= 4 is 21.4 Å². The first-order chi connectivity index (χ1) is 9.84. The van der Waals surface area contributed by atoms with Gasteiger partial charge in [-0.15, -0.1) is 11.3 Å². The summed E-state index contributed by atoms with van der Waals surface area (Å²) in [7, 11) is 2.43. The van der Waals surface area contributed by atoms with Crippen LogP contribution in [0.15, 0.2) is 10.3 Å². The van der Waals surface area contributed by atoms with Gasteiger partial charge in [-0.2, -0.15) is 4.31 Å². The molecule has 0 fully saturated rings. The third-order valence-electron chi connectivity index (χ3n) is 3.29. The first-order valence-electron chi connectivity index (χ1n) is 7.21. The van der Waals surface area contributed by atoms with Gasteiger partial charge in [0.15, 0.2) is 0 Å². The molecule has 0 amide bonds. The Morgan fingerprint density at radius 1 is 1.29 bits per heavy atom. The van der Waals surface area contributed by atoms with Gasteiger partial charge in [-0.1, -0.05) is 6.92 Å². The Kier molecular flexibility index (Phi) is 7.29. The molecule has 0 atom stereocenters. The van der Waals surface area contributed by atoms with Gasteiger partial charge < -0.3 is 10.2 Å². The smallest absolute Gasteiger partial charge is 0.244 e. The summed E-state index contributed by atoms with van der Waals surface area (Å²) in [4.78, 5) is 3.46. The molecule has 7 heteroatoms. The van der Waals surface area contributed by atoms with E-state index < -0.39 is 10.0 Å². The van der Waals surface area contributed by atoms with Crippen LogP contribution in [0.1, 0.15) is 23.8 Å². The normalized spacial score (nSPS) is 12.5. The Balaban J connectivity index is 2.99. The van der Waals surface area contributed by atoms with Crippen LogP contribution < -0.4 is 5.32 Å². The molecule has 122 valence electrons. The third-order valence-corrected chi connectivity index (χ3v) is 6.73. The summed E-state index contributed by atoms with van der Waals surface area (Å²) in [5, 5.41) is 4.97. The molecule has 1 heterocycles. The largest absolute Gasteiger partial charge is 0.315 e. The molecular formula is C14H27N3O2S2. The number of sulfonamides is 1. The van der Waals surface area contributed by atoms with Gasteiger partial charge >= 0.3 is 0 Å². The second-order valence-electron chi connectivity index (χ2n) is 5.35. The zero-order valence-corrected chi connectivity index (χ0v) is 15.3. The van der Waals surface area contributed by atoms with Crippen molar-refractivity contribution in [3.8, 4) is 0 Å². The maximum Gasteiger partial charge on any atom is 0.244 e. The Morgan fingerprint density at radius 2 is 1.95 bits per heavy atom. The van der Waals surface area contributed by atoms with E-state index in [-0.39, 0.29) is 0 Å². The first kappa shape index (κ1) is 18.6. The monoisotopic (exact) mass is 333 g/mol. The molecule has 0 spiro atoms. The van der Waals surface area contributed by atoms with Crippen molar-refractivity contribution in [1.29, 1.82) is 0 Å². The van der Waals surface area contributed by atoms with E-state index in [9.17, 15) is 8.42 Å². The molecule has 1 rings (SSSR count). The van der Waals surface area contributed by atoms with Crippen molar-refractivity contribution in [3.63, 3.8) is 0 Å². The van der Waals surface area contributed by atoms with Crippen LogP contribution in [-0.4, -0.2) is 58.4 Å². The second-order valence-corrected chi connectivity index (χ2v) is 8.19. The number of nitrogens with zero attached hydrogens (tertiary/aromatic N) is 2. The van der Waals surface area contributed by atoms with E-state index >= 15 is 0 Å². The van der Waals surface area contributed by atoms with Gasteiger partial charge in [-0.05, 0) is 52.0 Å². The number of rotatable bonds is 9. The van der Waals surface area contributed by atoms with Gasteiger partial charge in [0.1, 0.15) is 4.90 Å². The lowest BCUT2D eigenvalue weighted by Gasteiger charge is -2.22. The van der Waals surface area contributed by atoms with Crippen LogP contribution in [-0.2, 0) is 16.6 Å². The molecule has 0 aromatic carbocycles. The van der Waals surface area contributed by atoms with Crippen molar-refractivity contribution < 1.29 is 8.42 Å². The van der Waals surface area contributed by atoms with E-state index in [4.69, 9.17) is 0 Å². The minimum absolute atomic E-state index is 0.494. The van der Waals surface area contributed by atoms with E-state index in [1.807, 2.05) is 40.4 Å². The van der Waals surface area contributed by atoms with Crippen molar-refractivity contribution in [2.75, 3.05) is 40.8 Å². The average Bonchev–Trinajstić information content (AvgIpc) is 2.76. The van der Waals surface area contributed by atoms with Crippen LogP contribution in [0.5, 0.6) is 0 Å². The highest BCUT2D eigenvalue weighted by Crippen LogP contribution is 2.29. The Bertz CT molecular complexity index is 538. The lowest BCUT2D eigenvalue weighted by atomic mass is 10.3. The lowest BCUT2D eigenvalue weighted by Crippen LogP contribution is -2.34. The number of thiophene rings is 1. The molecule has 0 unspecified atom stereocenters. The fraction of sp³-hybridized carbons (Fsp3) is 0.714. The summed E-state index contributed by atoms with van der Waals surface area (Å²) in [5.41, 5.74) is 0.844. The maximum absolute atomic E-state index is 12.9. The topological polar surface area (TPSA) is 52.7 Å². The summed E-state index contributed by atoms with van der Waals surface area (Å²) in [6.07, 6.45) is 0.838. The minimum atomic E-state index is -3.40. The minimum Gasteiger partial charge on any atom is -0.315 e. The highest BCUT2D eigenvalue weighted by molar-refractivity contribution is 7.89. The first-order valence-corrected chi connectivity index (χ1v) is 9.53. The SMILES string of the molecule is CCN(CCCN(C)C)S(=O)(=O)c1c(C)csc1CNC. The van der Waals surface area contributed by atoms with E-state index in [2.05, 4.69) is 10.2 Å². The fourth-order valence-corrected chi connectivity index (χ4v) is 5.52. The number of hydrogen-bond donors (Lipinski definition) is 1. The average molecular weight is 334 g/mol. The summed E-state index contributed by atoms with van der Waals surface area (Å²) in [5.74, 6) is 0. The zero-order valence-electron chi connectivity index (χ0n) is 13.6. The quantitative estimate of drug-likeness (QED) is 0.748. The Labute approximate surface area is 133 Å². The number of nitrogens with one attached hydrogen (secondary N) is 1. The molecule has 1 N–H and O–H groups in total. The van der Waals surface area contributed by atoms with Gasteiger partial charge in [-0.3, -0.25) is 0 Å². The number of hydrogen-bond acceptors (Lipinski definition) is 5. The van der Waals surface area contributed by atoms with Crippen LogP contribution in [0.3, 0.4) is 0 Å². The van der Waals surface area contributed by atoms with Gasteiger partial charge in [0.2, 0.25) is 10.0 Å². The van der Waals surface area contributed by atoms with Crippen molar-refractivity contribution in [3.05, 3.63) is 15.8 Å². The Morgan fingerprint density at radius 3 is 2.48 bits per heavy atom. The molecule has 1 aromatic rings. The molecule has 0 aliphatic carbocycles. The molecule has 5 nitrogen and oxygen atoms in total. The third kappa shape index (κ3) is 4.75. The van der Waals surface area contributed by atoms with Crippen LogP contribution in [0.2, 0.25) is 0 Å². The predicted octanol–water partition coefficient (Wildman–Crippen LogP) is 1.74. The summed E-state index contributed by atoms with van der Waals surface area (Å²) >= 11 is 1.51. The summed E-state index contributed by atoms with van der Waals surface area (Å²) in [6.45, 7) is 6.30. The van der Waals surface area contributed by atoms with Crippen LogP contribution in [0.4, 0.5) is 0 Å². The van der Waals surface area contributed by atoms with Crippen molar-refractivity contribution in [2.24, 2.45) is 0 Å². The molecule has 0 saturated heterocycles. The highest BCUT2D eigenvalue weighted by Gasteiger charge is 2.28. The second kappa shape index (κ2) is 8.24. The number of aryl methyl sites for hydroxylation is 1. The zero-order chi connectivity index (χ0) is 16.0. The van der Waals surface area contributed by atoms with E-state index in [0.717, 1.165) is 23.4 Å². The molecular weight excluding hydrogens is 306 g/mol. The summed E-state index contributed by atoms with van der Waals surface area (Å²) in [6, 6.07) is 0. The van der Waals surface area contributed by atoms with Crippen LogP contribution in [0.25, 0.3) is 0 Å². The lowest BCUT2D eigenvalue weighted by molar-refractivity contribution is 0.356. The molecule has 0 radical (unpaired) electrons. The fourth-order valence-electron chi connectivity index (χ4n) is 2.26. The predicted molar refractivity (Wildman–Crippen MR) is 89.4 cm³/mol. The summed E-state index contributed by atoms with van der Waals surface area (Å²) < 4.78 is 27.4. The van der Waals surface area contributed by atoms with Gasteiger partial charge in [0, 0.05) is 24.5 Å². The van der Waals surface area contributed by atoms with Crippen LogP contribution in [0, 0.1) is 6.92 Å². The van der Waals surface area contributed by atoms with Gasteiger partial charge in [0.25, 0.3) is 0 Å². The maximum atomic E-state index is 12.9. The highest BCUT2D eigenvalue weighted by atomic mass is 32.2. The molecule has 0 bridgehead atoms. The van der Waals surface area contributed by atoms with Crippen molar-refractivity contribution in [1.82, 2.24) is 14.5 Å². The van der Waals surface area contributed by atoms with Gasteiger partial charge in [-0.25, -0.2) is 8.42 Å². The standard InChI is InChI=1S/C14H27N3O2S2/c1-6-17(9-7-8-16(4)5)21(18,19)14-12(2)11-20-13(14)10-15-3/h11,15H,6-10H2,1-5H3. The van der Waals surface area contributed by atoms with E-state index in [0.29, 0.717) is 24.5 Å².